The van der Waals surface area contributed by atoms with E-state index in [2.05, 4.69) is 15.6 Å². The van der Waals surface area contributed by atoms with Gasteiger partial charge < -0.3 is 20.4 Å². The maximum absolute atomic E-state index is 12.0. The van der Waals surface area contributed by atoms with Crippen LogP contribution >= 0.6 is 0 Å². The Morgan fingerprint density at radius 1 is 1.14 bits per heavy atom. The lowest BCUT2D eigenvalue weighted by atomic mass is 10.2. The highest BCUT2D eigenvalue weighted by Crippen LogP contribution is 2.14. The van der Waals surface area contributed by atoms with E-state index in [1.165, 1.54) is 0 Å². The summed E-state index contributed by atoms with van der Waals surface area (Å²) in [7, 11) is 0. The molecule has 3 N–H and O–H groups in total. The van der Waals surface area contributed by atoms with Crippen molar-refractivity contribution in [1.82, 2.24) is 15.6 Å². The molecule has 0 aliphatic heterocycles. The number of H-pyrrole nitrogens is 1. The molecule has 118 valence electrons. The Morgan fingerprint density at radius 2 is 1.82 bits per heavy atom. The van der Waals surface area contributed by atoms with Crippen molar-refractivity contribution in [2.75, 3.05) is 13.1 Å². The largest absolute Gasteiger partial charge is 0.444 e. The number of hydrogen-bond donors (Lipinski definition) is 3. The third kappa shape index (κ3) is 4.51. The smallest absolute Gasteiger partial charge is 0.407 e. The number of fused-ring (bicyclic) bond motifs is 1. The fourth-order valence-corrected chi connectivity index (χ4v) is 1.95. The topological polar surface area (TPSA) is 83.2 Å². The number of amides is 2. The van der Waals surface area contributed by atoms with Crippen LogP contribution in [-0.2, 0) is 4.74 Å². The maximum Gasteiger partial charge on any atom is 0.407 e. The molecule has 2 rings (SSSR count). The van der Waals surface area contributed by atoms with Gasteiger partial charge in [0, 0.05) is 24.0 Å². The zero-order chi connectivity index (χ0) is 16.2. The van der Waals surface area contributed by atoms with Gasteiger partial charge in [-0.3, -0.25) is 4.79 Å². The number of alkyl carbamates (subject to hydrolysis) is 1. The van der Waals surface area contributed by atoms with E-state index >= 15 is 0 Å². The normalized spacial score (nSPS) is 11.2. The van der Waals surface area contributed by atoms with Gasteiger partial charge in [0.05, 0.1) is 0 Å². The second kappa shape index (κ2) is 6.51. The lowest BCUT2D eigenvalue weighted by Gasteiger charge is -2.19. The average Bonchev–Trinajstić information content (AvgIpc) is 2.85. The first-order chi connectivity index (χ1) is 10.3. The minimum Gasteiger partial charge on any atom is -0.444 e. The zero-order valence-corrected chi connectivity index (χ0v) is 13.0. The third-order valence-electron chi connectivity index (χ3n) is 2.85. The number of benzene rings is 1. The summed E-state index contributed by atoms with van der Waals surface area (Å²) in [6, 6.07) is 9.47. The summed E-state index contributed by atoms with van der Waals surface area (Å²) in [5.74, 6) is -0.206. The van der Waals surface area contributed by atoms with Crippen molar-refractivity contribution in [3.05, 3.63) is 36.0 Å². The van der Waals surface area contributed by atoms with Crippen LogP contribution in [0.4, 0.5) is 4.79 Å². The molecule has 1 heterocycles. The van der Waals surface area contributed by atoms with Crippen LogP contribution in [0.1, 0.15) is 31.3 Å². The first kappa shape index (κ1) is 15.9. The second-order valence-corrected chi connectivity index (χ2v) is 5.95. The lowest BCUT2D eigenvalue weighted by molar-refractivity contribution is 0.0526. The van der Waals surface area contributed by atoms with Crippen LogP contribution in [0.5, 0.6) is 0 Å². The van der Waals surface area contributed by atoms with E-state index in [1.54, 1.807) is 26.8 Å². The van der Waals surface area contributed by atoms with Crippen LogP contribution in [0, 0.1) is 0 Å². The fraction of sp³-hybridized carbons (Fsp3) is 0.375. The van der Waals surface area contributed by atoms with Crippen molar-refractivity contribution in [3.8, 4) is 0 Å². The summed E-state index contributed by atoms with van der Waals surface area (Å²) in [5.41, 5.74) is 0.885. The van der Waals surface area contributed by atoms with E-state index in [9.17, 15) is 9.59 Å². The van der Waals surface area contributed by atoms with Crippen LogP contribution < -0.4 is 10.6 Å². The SMILES string of the molecule is CC(C)(C)OC(=O)NCCNC(=O)c1cc2ccccc2[nH]1. The number of carbonyl (C=O) groups is 2. The van der Waals surface area contributed by atoms with Crippen LogP contribution in [0.25, 0.3) is 10.9 Å². The summed E-state index contributed by atoms with van der Waals surface area (Å²) in [6.45, 7) is 6.02. The molecule has 0 aliphatic rings. The molecule has 22 heavy (non-hydrogen) atoms. The molecule has 0 saturated carbocycles. The highest BCUT2D eigenvalue weighted by Gasteiger charge is 2.15. The molecule has 2 aromatic rings. The molecule has 0 radical (unpaired) electrons. The molecule has 1 aromatic carbocycles. The molecule has 0 bridgehead atoms. The van der Waals surface area contributed by atoms with Crippen molar-refractivity contribution >= 4 is 22.9 Å². The summed E-state index contributed by atoms with van der Waals surface area (Å²) < 4.78 is 5.10. The average molecular weight is 303 g/mol. The molecule has 2 amide bonds. The zero-order valence-electron chi connectivity index (χ0n) is 13.0. The Balaban J connectivity index is 1.77. The number of para-hydroxylation sites is 1. The Morgan fingerprint density at radius 3 is 2.50 bits per heavy atom. The van der Waals surface area contributed by atoms with Crippen molar-refractivity contribution in [3.63, 3.8) is 0 Å². The van der Waals surface area contributed by atoms with Gasteiger partial charge >= 0.3 is 6.09 Å². The summed E-state index contributed by atoms with van der Waals surface area (Å²) in [6.07, 6.45) is -0.493. The molecule has 0 atom stereocenters. The van der Waals surface area contributed by atoms with Crippen molar-refractivity contribution in [2.24, 2.45) is 0 Å². The quantitative estimate of drug-likeness (QED) is 0.759. The predicted octanol–water partition coefficient (Wildman–Crippen LogP) is 2.42. The maximum atomic E-state index is 12.0. The summed E-state index contributed by atoms with van der Waals surface area (Å²) in [5, 5.41) is 6.31. The Bertz CT molecular complexity index is 638. The number of rotatable bonds is 4. The van der Waals surface area contributed by atoms with Gasteiger partial charge in [0.25, 0.3) is 5.91 Å². The first-order valence-electron chi connectivity index (χ1n) is 7.18. The van der Waals surface area contributed by atoms with E-state index < -0.39 is 11.7 Å². The first-order valence-corrected chi connectivity index (χ1v) is 7.18. The van der Waals surface area contributed by atoms with Crippen molar-refractivity contribution in [1.29, 1.82) is 0 Å². The summed E-state index contributed by atoms with van der Waals surface area (Å²) >= 11 is 0. The number of nitrogens with one attached hydrogen (secondary N) is 3. The molecule has 0 unspecified atom stereocenters. The number of aromatic amines is 1. The highest BCUT2D eigenvalue weighted by atomic mass is 16.6. The molecule has 1 aromatic heterocycles. The highest BCUT2D eigenvalue weighted by molar-refractivity contribution is 5.97. The van der Waals surface area contributed by atoms with Gasteiger partial charge in [0.2, 0.25) is 0 Å². The molecular formula is C16H21N3O3. The number of carbonyl (C=O) groups excluding carboxylic acids is 2. The van der Waals surface area contributed by atoms with Crippen LogP contribution in [0.15, 0.2) is 30.3 Å². The van der Waals surface area contributed by atoms with Crippen molar-refractivity contribution < 1.29 is 14.3 Å². The monoisotopic (exact) mass is 303 g/mol. The van der Waals surface area contributed by atoms with Gasteiger partial charge in [0.1, 0.15) is 11.3 Å². The number of hydrogen-bond acceptors (Lipinski definition) is 3. The van der Waals surface area contributed by atoms with Crippen LogP contribution in [0.2, 0.25) is 0 Å². The third-order valence-corrected chi connectivity index (χ3v) is 2.85. The fourth-order valence-electron chi connectivity index (χ4n) is 1.95. The minimum atomic E-state index is -0.530. The molecule has 0 spiro atoms. The van der Waals surface area contributed by atoms with Gasteiger partial charge in [-0.15, -0.1) is 0 Å². The summed E-state index contributed by atoms with van der Waals surface area (Å²) in [4.78, 5) is 26.5. The van der Waals surface area contributed by atoms with Crippen molar-refractivity contribution in [2.45, 2.75) is 26.4 Å². The molecule has 6 nitrogen and oxygen atoms in total. The molecular weight excluding hydrogens is 282 g/mol. The minimum absolute atomic E-state index is 0.206. The molecule has 0 aliphatic carbocycles. The van der Waals surface area contributed by atoms with E-state index in [-0.39, 0.29) is 5.91 Å². The van der Waals surface area contributed by atoms with E-state index in [0.717, 1.165) is 10.9 Å². The Labute approximate surface area is 129 Å². The predicted molar refractivity (Wildman–Crippen MR) is 84.9 cm³/mol. The second-order valence-electron chi connectivity index (χ2n) is 5.95. The van der Waals surface area contributed by atoms with Gasteiger partial charge in [-0.25, -0.2) is 4.79 Å². The Kier molecular flexibility index (Phi) is 4.70. The van der Waals surface area contributed by atoms with Gasteiger partial charge in [-0.2, -0.15) is 0 Å². The standard InChI is InChI=1S/C16H21N3O3/c1-16(2,3)22-15(21)18-9-8-17-14(20)13-10-11-6-4-5-7-12(11)19-13/h4-7,10,19H,8-9H2,1-3H3,(H,17,20)(H,18,21). The number of ether oxygens (including phenoxy) is 1. The molecule has 6 heteroatoms. The van der Waals surface area contributed by atoms with Crippen LogP contribution in [-0.4, -0.2) is 35.7 Å². The van der Waals surface area contributed by atoms with Gasteiger partial charge in [0.15, 0.2) is 0 Å². The Hall–Kier alpha value is -2.50. The lowest BCUT2D eigenvalue weighted by Crippen LogP contribution is -2.37. The molecule has 0 saturated heterocycles. The van der Waals surface area contributed by atoms with E-state index in [4.69, 9.17) is 4.74 Å². The van der Waals surface area contributed by atoms with Crippen LogP contribution in [0.3, 0.4) is 0 Å². The molecule has 0 fully saturated rings. The van der Waals surface area contributed by atoms with Gasteiger partial charge in [-0.05, 0) is 32.9 Å². The number of aromatic nitrogens is 1. The van der Waals surface area contributed by atoms with E-state index in [0.29, 0.717) is 18.8 Å². The van der Waals surface area contributed by atoms with E-state index in [1.807, 2.05) is 24.3 Å². The van der Waals surface area contributed by atoms with Gasteiger partial charge in [-0.1, -0.05) is 18.2 Å².